The van der Waals surface area contributed by atoms with Crippen LogP contribution in [-0.4, -0.2) is 46.5 Å². The molecule has 0 aromatic carbocycles. The van der Waals surface area contributed by atoms with Crippen molar-refractivity contribution < 1.29 is 17.9 Å². The molecule has 8 heteroatoms. The van der Waals surface area contributed by atoms with Crippen molar-refractivity contribution in [2.24, 2.45) is 0 Å². The lowest BCUT2D eigenvalue weighted by Gasteiger charge is -2.25. The van der Waals surface area contributed by atoms with Crippen LogP contribution in [0.2, 0.25) is 0 Å². The quantitative estimate of drug-likeness (QED) is 0.857. The Hall–Kier alpha value is -1.15. The molecule has 1 aromatic rings. The summed E-state index contributed by atoms with van der Waals surface area (Å²) in [6.07, 6.45) is -0.354. The molecule has 0 aliphatic carbocycles. The molecule has 0 radical (unpaired) electrons. The van der Waals surface area contributed by atoms with Gasteiger partial charge in [0.25, 0.3) is 0 Å². The number of alkyl halides is 3. The highest BCUT2D eigenvalue weighted by atomic mass is 19.4. The predicted molar refractivity (Wildman–Crippen MR) is 70.6 cm³/mol. The fourth-order valence-electron chi connectivity index (χ4n) is 2.70. The van der Waals surface area contributed by atoms with Crippen LogP contribution in [-0.2, 0) is 17.9 Å². The van der Waals surface area contributed by atoms with E-state index in [4.69, 9.17) is 4.74 Å². The molecule has 1 aliphatic rings. The van der Waals surface area contributed by atoms with Crippen LogP contribution < -0.4 is 0 Å². The van der Waals surface area contributed by atoms with Gasteiger partial charge in [0.05, 0.1) is 6.04 Å². The summed E-state index contributed by atoms with van der Waals surface area (Å²) in [5.41, 5.74) is 0. The standard InChI is InChI=1S/C13H21F3N4O/c1-19-7-5-3-4-6-10(19)12-17-11(8-21-2)18-20(12)9-13(14,15)16/h10H,3-9H2,1-2H3. The number of aromatic nitrogens is 3. The predicted octanol–water partition coefficient (Wildman–Crippen LogP) is 2.53. The van der Waals surface area contributed by atoms with Crippen molar-refractivity contribution in [2.75, 3.05) is 20.7 Å². The molecule has 0 saturated carbocycles. The molecule has 2 rings (SSSR count). The summed E-state index contributed by atoms with van der Waals surface area (Å²) in [6, 6.07) is -0.118. The molecule has 0 spiro atoms. The Labute approximate surface area is 122 Å². The van der Waals surface area contributed by atoms with Crippen LogP contribution in [0.3, 0.4) is 0 Å². The molecule has 1 atom stereocenters. The SMILES string of the molecule is COCc1nc(C2CCCCCN2C)n(CC(F)(F)F)n1. The monoisotopic (exact) mass is 306 g/mol. The number of ether oxygens (including phenoxy) is 1. The van der Waals surface area contributed by atoms with Crippen LogP contribution in [0.5, 0.6) is 0 Å². The summed E-state index contributed by atoms with van der Waals surface area (Å²) >= 11 is 0. The Morgan fingerprint density at radius 1 is 1.29 bits per heavy atom. The number of likely N-dealkylation sites (tertiary alicyclic amines) is 1. The van der Waals surface area contributed by atoms with E-state index in [-0.39, 0.29) is 12.6 Å². The van der Waals surface area contributed by atoms with Crippen molar-refractivity contribution in [1.82, 2.24) is 19.7 Å². The minimum atomic E-state index is -4.31. The van der Waals surface area contributed by atoms with Gasteiger partial charge in [-0.1, -0.05) is 12.8 Å². The minimum absolute atomic E-state index is 0.118. The molecule has 1 saturated heterocycles. The highest BCUT2D eigenvalue weighted by molar-refractivity contribution is 5.01. The molecule has 120 valence electrons. The summed E-state index contributed by atoms with van der Waals surface area (Å²) in [7, 11) is 3.40. The summed E-state index contributed by atoms with van der Waals surface area (Å²) in [6.45, 7) is -0.124. The topological polar surface area (TPSA) is 43.2 Å². The Morgan fingerprint density at radius 2 is 2.05 bits per heavy atom. The van der Waals surface area contributed by atoms with Crippen molar-refractivity contribution >= 4 is 0 Å². The molecular weight excluding hydrogens is 285 g/mol. The van der Waals surface area contributed by atoms with E-state index in [0.717, 1.165) is 36.9 Å². The number of rotatable bonds is 4. The summed E-state index contributed by atoms with van der Waals surface area (Å²) in [4.78, 5) is 6.35. The second-order valence-electron chi connectivity index (χ2n) is 5.44. The van der Waals surface area contributed by atoms with E-state index in [0.29, 0.717) is 11.6 Å². The summed E-state index contributed by atoms with van der Waals surface area (Å²) in [5, 5.41) is 3.96. The summed E-state index contributed by atoms with van der Waals surface area (Å²) < 4.78 is 44.1. The zero-order valence-electron chi connectivity index (χ0n) is 12.4. The highest BCUT2D eigenvalue weighted by Gasteiger charge is 2.33. The molecule has 5 nitrogen and oxygen atoms in total. The molecule has 0 bridgehead atoms. The largest absolute Gasteiger partial charge is 0.408 e. The van der Waals surface area contributed by atoms with E-state index in [9.17, 15) is 13.2 Å². The van der Waals surface area contributed by atoms with E-state index in [1.807, 2.05) is 7.05 Å². The molecule has 1 aliphatic heterocycles. The normalized spacial score (nSPS) is 21.5. The first-order chi connectivity index (χ1) is 9.90. The van der Waals surface area contributed by atoms with Crippen molar-refractivity contribution in [3.8, 4) is 0 Å². The lowest BCUT2D eigenvalue weighted by molar-refractivity contribution is -0.143. The van der Waals surface area contributed by atoms with Gasteiger partial charge in [-0.2, -0.15) is 18.3 Å². The van der Waals surface area contributed by atoms with Crippen molar-refractivity contribution in [3.63, 3.8) is 0 Å². The van der Waals surface area contributed by atoms with E-state index < -0.39 is 12.7 Å². The molecule has 1 fully saturated rings. The van der Waals surface area contributed by atoms with E-state index in [1.54, 1.807) is 0 Å². The molecule has 0 amide bonds. The second kappa shape index (κ2) is 6.74. The van der Waals surface area contributed by atoms with Gasteiger partial charge in [0, 0.05) is 7.11 Å². The molecule has 1 unspecified atom stereocenters. The smallest absolute Gasteiger partial charge is 0.377 e. The third kappa shape index (κ3) is 4.41. The van der Waals surface area contributed by atoms with Crippen LogP contribution in [0.1, 0.15) is 43.4 Å². The third-order valence-electron chi connectivity index (χ3n) is 3.67. The maximum absolute atomic E-state index is 12.7. The molecule has 0 N–H and O–H groups in total. The number of halogens is 3. The maximum atomic E-state index is 12.7. The Balaban J connectivity index is 2.30. The van der Waals surface area contributed by atoms with Gasteiger partial charge in [0.15, 0.2) is 5.82 Å². The van der Waals surface area contributed by atoms with Crippen LogP contribution >= 0.6 is 0 Å². The van der Waals surface area contributed by atoms with Gasteiger partial charge in [-0.3, -0.25) is 4.90 Å². The van der Waals surface area contributed by atoms with Crippen LogP contribution in [0, 0.1) is 0 Å². The van der Waals surface area contributed by atoms with Crippen LogP contribution in [0.4, 0.5) is 13.2 Å². The van der Waals surface area contributed by atoms with Crippen LogP contribution in [0.15, 0.2) is 0 Å². The average molecular weight is 306 g/mol. The van der Waals surface area contributed by atoms with Gasteiger partial charge in [-0.05, 0) is 26.4 Å². The number of methoxy groups -OCH3 is 1. The molecular formula is C13H21F3N4O. The zero-order valence-corrected chi connectivity index (χ0v) is 12.4. The first-order valence-corrected chi connectivity index (χ1v) is 7.10. The fourth-order valence-corrected chi connectivity index (χ4v) is 2.70. The highest BCUT2D eigenvalue weighted by Crippen LogP contribution is 2.29. The average Bonchev–Trinajstić information content (AvgIpc) is 2.61. The van der Waals surface area contributed by atoms with Crippen molar-refractivity contribution in [1.29, 1.82) is 0 Å². The van der Waals surface area contributed by atoms with Gasteiger partial charge >= 0.3 is 6.18 Å². The van der Waals surface area contributed by atoms with Gasteiger partial charge in [-0.25, -0.2) is 9.67 Å². The zero-order chi connectivity index (χ0) is 15.5. The van der Waals surface area contributed by atoms with Gasteiger partial charge in [0.2, 0.25) is 0 Å². The first-order valence-electron chi connectivity index (χ1n) is 7.10. The molecule has 2 heterocycles. The van der Waals surface area contributed by atoms with Gasteiger partial charge in [0.1, 0.15) is 19.0 Å². The minimum Gasteiger partial charge on any atom is -0.377 e. The maximum Gasteiger partial charge on any atom is 0.408 e. The van der Waals surface area contributed by atoms with Crippen molar-refractivity contribution in [3.05, 3.63) is 11.6 Å². The van der Waals surface area contributed by atoms with Gasteiger partial charge < -0.3 is 4.74 Å². The lowest BCUT2D eigenvalue weighted by atomic mass is 10.1. The Bertz CT molecular complexity index is 461. The Morgan fingerprint density at radius 3 is 2.71 bits per heavy atom. The second-order valence-corrected chi connectivity index (χ2v) is 5.44. The van der Waals surface area contributed by atoms with Gasteiger partial charge in [-0.15, -0.1) is 0 Å². The lowest BCUT2D eigenvalue weighted by Crippen LogP contribution is -2.29. The number of hydrogen-bond acceptors (Lipinski definition) is 4. The third-order valence-corrected chi connectivity index (χ3v) is 3.67. The number of nitrogens with zero attached hydrogens (tertiary/aromatic N) is 4. The van der Waals surface area contributed by atoms with Crippen LogP contribution in [0.25, 0.3) is 0 Å². The number of hydrogen-bond donors (Lipinski definition) is 0. The van der Waals surface area contributed by atoms with E-state index >= 15 is 0 Å². The van der Waals surface area contributed by atoms with E-state index in [2.05, 4.69) is 15.0 Å². The Kier molecular flexibility index (Phi) is 5.21. The molecule has 21 heavy (non-hydrogen) atoms. The molecule has 1 aromatic heterocycles. The van der Waals surface area contributed by atoms with Crippen molar-refractivity contribution in [2.45, 2.75) is 51.1 Å². The van der Waals surface area contributed by atoms with E-state index in [1.165, 1.54) is 7.11 Å². The fraction of sp³-hybridized carbons (Fsp3) is 0.846. The first kappa shape index (κ1) is 16.2. The summed E-state index contributed by atoms with van der Waals surface area (Å²) in [5.74, 6) is 0.693.